The fourth-order valence-corrected chi connectivity index (χ4v) is 6.51. The summed E-state index contributed by atoms with van der Waals surface area (Å²) in [5.41, 5.74) is 7.64. The molecule has 0 spiro atoms. The highest BCUT2D eigenvalue weighted by molar-refractivity contribution is 7.91. The molecule has 10 nitrogen and oxygen atoms in total. The molecule has 0 fully saturated rings. The standard InChI is InChI=1S/C30H36N4O6S2/c1-29(2,3)40-28(35)33(6)19-23-16-21-15-20(25-17-22(18-27(31)32-25)30(4,5)41(7,36)37)13-14-26(21)34(23)42(38,39)24-11-9-8-10-12-24/h8-18H,19H2,1-7H3,(H2,31,32). The van der Waals surface area contributed by atoms with Crippen LogP contribution in [-0.4, -0.2) is 55.7 Å². The second-order valence-corrected chi connectivity index (χ2v) is 16.1. The van der Waals surface area contributed by atoms with Crippen molar-refractivity contribution in [1.29, 1.82) is 0 Å². The SMILES string of the molecule is CN(Cc1cc2cc(-c3cc(C(C)(C)S(C)(=O)=O)cc(N)n3)ccc2n1S(=O)(=O)c1ccccc1)C(=O)OC(C)(C)C. The van der Waals surface area contributed by atoms with Gasteiger partial charge < -0.3 is 15.4 Å². The van der Waals surface area contributed by atoms with Gasteiger partial charge in [-0.1, -0.05) is 24.3 Å². The molecule has 4 rings (SSSR count). The first-order valence-electron chi connectivity index (χ1n) is 13.2. The Kier molecular flexibility index (Phi) is 7.94. The van der Waals surface area contributed by atoms with Gasteiger partial charge in [-0.2, -0.15) is 0 Å². The van der Waals surface area contributed by atoms with Crippen LogP contribution in [0.4, 0.5) is 10.6 Å². The van der Waals surface area contributed by atoms with E-state index in [2.05, 4.69) is 4.98 Å². The molecular weight excluding hydrogens is 576 g/mol. The van der Waals surface area contributed by atoms with E-state index in [-0.39, 0.29) is 17.3 Å². The fourth-order valence-electron chi connectivity index (χ4n) is 4.41. The van der Waals surface area contributed by atoms with E-state index in [0.29, 0.717) is 33.4 Å². The summed E-state index contributed by atoms with van der Waals surface area (Å²) < 4.78 is 58.3. The zero-order valence-electron chi connectivity index (χ0n) is 24.7. The number of sulfone groups is 1. The summed E-state index contributed by atoms with van der Waals surface area (Å²) in [5, 5.41) is 0.577. The van der Waals surface area contributed by atoms with Crippen LogP contribution in [0, 0.1) is 0 Å². The second-order valence-electron chi connectivity index (χ2n) is 11.8. The van der Waals surface area contributed by atoms with Gasteiger partial charge in [-0.25, -0.2) is 30.6 Å². The summed E-state index contributed by atoms with van der Waals surface area (Å²) in [6.45, 7) is 8.42. The van der Waals surface area contributed by atoms with Crippen molar-refractivity contribution in [2.45, 2.75) is 56.4 Å². The Morgan fingerprint density at radius 2 is 1.60 bits per heavy atom. The predicted octanol–water partition coefficient (Wildman–Crippen LogP) is 5.17. The van der Waals surface area contributed by atoms with E-state index in [1.54, 1.807) is 90.2 Å². The Balaban J connectivity index is 1.88. The summed E-state index contributed by atoms with van der Waals surface area (Å²) in [5.74, 6) is 0.156. The molecule has 0 radical (unpaired) electrons. The first-order valence-corrected chi connectivity index (χ1v) is 16.5. The fraction of sp³-hybridized carbons (Fsp3) is 0.333. The molecule has 2 N–H and O–H groups in total. The zero-order chi connectivity index (χ0) is 31.3. The number of amides is 1. The van der Waals surface area contributed by atoms with Gasteiger partial charge in [0.05, 0.1) is 33.1 Å². The lowest BCUT2D eigenvalue weighted by molar-refractivity contribution is 0.0282. The number of fused-ring (bicyclic) bond motifs is 1. The molecule has 42 heavy (non-hydrogen) atoms. The number of nitrogen functional groups attached to an aromatic ring is 1. The molecule has 0 saturated heterocycles. The number of pyridine rings is 1. The van der Waals surface area contributed by atoms with Crippen LogP contribution in [0.2, 0.25) is 0 Å². The third-order valence-electron chi connectivity index (χ3n) is 6.98. The van der Waals surface area contributed by atoms with Gasteiger partial charge in [-0.05, 0) is 82.6 Å². The van der Waals surface area contributed by atoms with Gasteiger partial charge in [-0.15, -0.1) is 0 Å². The zero-order valence-corrected chi connectivity index (χ0v) is 26.4. The van der Waals surface area contributed by atoms with E-state index < -0.39 is 36.3 Å². The predicted molar refractivity (Wildman–Crippen MR) is 164 cm³/mol. The number of anilines is 1. The number of nitrogens with zero attached hydrogens (tertiary/aromatic N) is 3. The van der Waals surface area contributed by atoms with E-state index in [9.17, 15) is 21.6 Å². The molecule has 0 aliphatic carbocycles. The molecule has 4 aromatic rings. The minimum absolute atomic E-state index is 0.0474. The van der Waals surface area contributed by atoms with Crippen LogP contribution in [0.25, 0.3) is 22.2 Å². The van der Waals surface area contributed by atoms with E-state index in [1.165, 1.54) is 33.3 Å². The van der Waals surface area contributed by atoms with Crippen molar-refractivity contribution in [2.75, 3.05) is 19.0 Å². The van der Waals surface area contributed by atoms with Crippen molar-refractivity contribution in [3.63, 3.8) is 0 Å². The number of nitrogens with two attached hydrogens (primary N) is 1. The summed E-state index contributed by atoms with van der Waals surface area (Å²) in [4.78, 5) is 18.6. The average molecular weight is 613 g/mol. The van der Waals surface area contributed by atoms with Crippen molar-refractivity contribution in [2.24, 2.45) is 0 Å². The van der Waals surface area contributed by atoms with Gasteiger partial charge in [0.1, 0.15) is 11.4 Å². The van der Waals surface area contributed by atoms with E-state index >= 15 is 0 Å². The van der Waals surface area contributed by atoms with Crippen molar-refractivity contribution in [3.8, 4) is 11.3 Å². The van der Waals surface area contributed by atoms with Crippen LogP contribution in [0.3, 0.4) is 0 Å². The molecule has 12 heteroatoms. The second kappa shape index (κ2) is 10.7. The lowest BCUT2D eigenvalue weighted by Crippen LogP contribution is -2.34. The lowest BCUT2D eigenvalue weighted by atomic mass is 10.00. The molecule has 224 valence electrons. The van der Waals surface area contributed by atoms with Gasteiger partial charge in [0.15, 0.2) is 9.84 Å². The number of rotatable bonds is 7. The summed E-state index contributed by atoms with van der Waals surface area (Å²) in [6.07, 6.45) is 0.572. The minimum atomic E-state index is -4.05. The van der Waals surface area contributed by atoms with Gasteiger partial charge in [-0.3, -0.25) is 0 Å². The molecular formula is C30H36N4O6S2. The maximum absolute atomic E-state index is 13.9. The Bertz CT molecular complexity index is 1870. The topological polar surface area (TPSA) is 142 Å². The minimum Gasteiger partial charge on any atom is -0.444 e. The number of ether oxygens (including phenoxy) is 1. The Labute approximate surface area is 247 Å². The van der Waals surface area contributed by atoms with Gasteiger partial charge >= 0.3 is 6.09 Å². The number of carbonyl (C=O) groups excluding carboxylic acids is 1. The van der Waals surface area contributed by atoms with Crippen LogP contribution >= 0.6 is 0 Å². The van der Waals surface area contributed by atoms with Gasteiger partial charge in [0.2, 0.25) is 0 Å². The average Bonchev–Trinajstić information content (AvgIpc) is 3.25. The number of carbonyl (C=O) groups is 1. The van der Waals surface area contributed by atoms with Crippen molar-refractivity contribution >= 4 is 42.7 Å². The highest BCUT2D eigenvalue weighted by atomic mass is 32.2. The lowest BCUT2D eigenvalue weighted by Gasteiger charge is -2.25. The number of benzene rings is 2. The van der Waals surface area contributed by atoms with E-state index in [0.717, 1.165) is 0 Å². The highest BCUT2D eigenvalue weighted by Crippen LogP contribution is 2.35. The Morgan fingerprint density at radius 3 is 2.19 bits per heavy atom. The van der Waals surface area contributed by atoms with Crippen LogP contribution in [0.1, 0.15) is 45.9 Å². The van der Waals surface area contributed by atoms with Crippen molar-refractivity contribution in [3.05, 3.63) is 78.0 Å². The Hall–Kier alpha value is -3.90. The molecule has 2 heterocycles. The van der Waals surface area contributed by atoms with E-state index in [1.807, 2.05) is 0 Å². The van der Waals surface area contributed by atoms with Gasteiger partial charge in [0.25, 0.3) is 10.0 Å². The van der Waals surface area contributed by atoms with Gasteiger partial charge in [0, 0.05) is 24.3 Å². The molecule has 1 amide bonds. The molecule has 0 atom stereocenters. The molecule has 0 aliphatic heterocycles. The molecule has 2 aromatic heterocycles. The maximum Gasteiger partial charge on any atom is 0.410 e. The number of aromatic nitrogens is 2. The summed E-state index contributed by atoms with van der Waals surface area (Å²) in [6, 6.07) is 18.1. The normalized spacial score (nSPS) is 12.8. The molecule has 0 unspecified atom stereocenters. The smallest absolute Gasteiger partial charge is 0.410 e. The Morgan fingerprint density at radius 1 is 0.952 bits per heavy atom. The highest BCUT2D eigenvalue weighted by Gasteiger charge is 2.33. The van der Waals surface area contributed by atoms with Crippen molar-refractivity contribution in [1.82, 2.24) is 13.9 Å². The maximum atomic E-state index is 13.9. The van der Waals surface area contributed by atoms with Crippen LogP contribution in [-0.2, 0) is 35.9 Å². The molecule has 2 aromatic carbocycles. The third-order valence-corrected chi connectivity index (χ3v) is 10.8. The quantitative estimate of drug-likeness (QED) is 0.301. The van der Waals surface area contributed by atoms with Crippen molar-refractivity contribution < 1.29 is 26.4 Å². The summed E-state index contributed by atoms with van der Waals surface area (Å²) in [7, 11) is -5.99. The third kappa shape index (κ3) is 6.14. The largest absolute Gasteiger partial charge is 0.444 e. The molecule has 0 bridgehead atoms. The van der Waals surface area contributed by atoms with Crippen LogP contribution in [0.5, 0.6) is 0 Å². The van der Waals surface area contributed by atoms with E-state index in [4.69, 9.17) is 10.5 Å². The van der Waals surface area contributed by atoms with Crippen LogP contribution in [0.15, 0.2) is 71.6 Å². The molecule has 0 aliphatic rings. The first kappa shape index (κ1) is 31.0. The molecule has 0 saturated carbocycles. The number of hydrogen-bond acceptors (Lipinski definition) is 8. The monoisotopic (exact) mass is 612 g/mol. The number of hydrogen-bond donors (Lipinski definition) is 1. The summed E-state index contributed by atoms with van der Waals surface area (Å²) >= 11 is 0. The van der Waals surface area contributed by atoms with Crippen LogP contribution < -0.4 is 5.73 Å². The first-order chi connectivity index (χ1) is 19.3.